The number of nitrogens with zero attached hydrogens (tertiary/aromatic N) is 4. The highest BCUT2D eigenvalue weighted by Gasteiger charge is 2.33. The zero-order chi connectivity index (χ0) is 26.8. The highest BCUT2D eigenvalue weighted by Crippen LogP contribution is 2.30. The van der Waals surface area contributed by atoms with Crippen LogP contribution in [0, 0.1) is 5.41 Å². The van der Waals surface area contributed by atoms with E-state index < -0.39 is 15.4 Å². The maximum Gasteiger partial charge on any atom is 0.285 e. The fourth-order valence-corrected chi connectivity index (χ4v) is 4.81. The number of sulfonamides is 1. The van der Waals surface area contributed by atoms with Gasteiger partial charge < -0.3 is 5.73 Å². The van der Waals surface area contributed by atoms with E-state index in [0.717, 1.165) is 16.8 Å². The van der Waals surface area contributed by atoms with E-state index in [-0.39, 0.29) is 22.6 Å². The molecule has 0 bridgehead atoms. The maximum absolute atomic E-state index is 13.3. The van der Waals surface area contributed by atoms with Gasteiger partial charge in [-0.3, -0.25) is 0 Å². The first-order valence-electron chi connectivity index (χ1n) is 11.6. The second-order valence-electron chi connectivity index (χ2n) is 9.60. The lowest BCUT2D eigenvalue weighted by molar-refractivity contribution is 0.468. The summed E-state index contributed by atoms with van der Waals surface area (Å²) in [5.41, 5.74) is 8.36. The number of guanidine groups is 1. The van der Waals surface area contributed by atoms with Crippen molar-refractivity contribution >= 4 is 50.7 Å². The monoisotopic (exact) mass is 555 g/mol. The lowest BCUT2D eigenvalue weighted by Gasteiger charge is -2.20. The van der Waals surface area contributed by atoms with Crippen LogP contribution in [0.15, 0.2) is 98.2 Å². The normalized spacial score (nSPS) is 17.2. The molecule has 1 aliphatic rings. The van der Waals surface area contributed by atoms with E-state index in [1.807, 2.05) is 63.2 Å². The summed E-state index contributed by atoms with van der Waals surface area (Å²) in [7, 11) is -4.14. The van der Waals surface area contributed by atoms with Crippen molar-refractivity contribution in [3.05, 3.63) is 100 Å². The molecule has 1 atom stereocenters. The number of hydrogen-bond acceptors (Lipinski definition) is 3. The second-order valence-corrected chi connectivity index (χ2v) is 12.1. The molecular formula is C27H27Cl2N5O2S. The molecule has 0 radical (unpaired) electrons. The van der Waals surface area contributed by atoms with Crippen molar-refractivity contribution in [1.29, 1.82) is 0 Å². The molecule has 1 heterocycles. The van der Waals surface area contributed by atoms with Crippen molar-refractivity contribution in [3.8, 4) is 0 Å². The smallest absolute Gasteiger partial charge is 0.285 e. The highest BCUT2D eigenvalue weighted by atomic mass is 35.5. The lowest BCUT2D eigenvalue weighted by Crippen LogP contribution is -2.33. The van der Waals surface area contributed by atoms with Crippen molar-refractivity contribution in [2.75, 3.05) is 6.54 Å². The molecule has 7 nitrogen and oxygen atoms in total. The molecule has 0 spiro atoms. The Bertz CT molecular complexity index is 1460. The molecular weight excluding hydrogens is 529 g/mol. The first kappa shape index (κ1) is 26.9. The molecule has 3 aromatic carbocycles. The van der Waals surface area contributed by atoms with Gasteiger partial charge in [0.05, 0.1) is 17.2 Å². The van der Waals surface area contributed by atoms with Gasteiger partial charge in [0, 0.05) is 21.4 Å². The van der Waals surface area contributed by atoms with Crippen LogP contribution in [0.4, 0.5) is 0 Å². The summed E-state index contributed by atoms with van der Waals surface area (Å²) >= 11 is 12.1. The van der Waals surface area contributed by atoms with Gasteiger partial charge in [0.2, 0.25) is 0 Å². The predicted octanol–water partition coefficient (Wildman–Crippen LogP) is 5.95. The largest absolute Gasteiger partial charge is 0.387 e. The van der Waals surface area contributed by atoms with E-state index in [2.05, 4.69) is 9.39 Å². The molecule has 1 aliphatic heterocycles. The third-order valence-corrected chi connectivity index (χ3v) is 7.56. The van der Waals surface area contributed by atoms with E-state index in [9.17, 15) is 8.42 Å². The van der Waals surface area contributed by atoms with Crippen molar-refractivity contribution in [2.45, 2.75) is 31.6 Å². The number of benzene rings is 3. The Morgan fingerprint density at radius 1 is 0.946 bits per heavy atom. The van der Waals surface area contributed by atoms with E-state index in [4.69, 9.17) is 34.0 Å². The summed E-state index contributed by atoms with van der Waals surface area (Å²) in [5, 5.41) is 7.32. The lowest BCUT2D eigenvalue weighted by atomic mass is 9.91. The van der Waals surface area contributed by atoms with Gasteiger partial charge in [-0.2, -0.15) is 18.5 Å². The SMILES string of the molecule is CC(C)(C)/C(N)=N\C(=N/S(=O)(=O)c1ccc(Cl)cc1)N1CC(c2ccccc2)C(c2ccc(Cl)cc2)=N1. The molecule has 1 unspecified atom stereocenters. The number of hydrazone groups is 1. The van der Waals surface area contributed by atoms with Crippen LogP contribution in [-0.2, 0) is 10.0 Å². The van der Waals surface area contributed by atoms with Gasteiger partial charge in [-0.1, -0.05) is 86.4 Å². The van der Waals surface area contributed by atoms with E-state index >= 15 is 0 Å². The molecule has 10 heteroatoms. The minimum Gasteiger partial charge on any atom is -0.387 e. The van der Waals surface area contributed by atoms with Crippen LogP contribution < -0.4 is 5.73 Å². The van der Waals surface area contributed by atoms with Crippen LogP contribution >= 0.6 is 23.2 Å². The average Bonchev–Trinajstić information content (AvgIpc) is 3.30. The molecule has 192 valence electrons. The van der Waals surface area contributed by atoms with Crippen molar-refractivity contribution in [3.63, 3.8) is 0 Å². The number of halogens is 2. The molecule has 0 saturated carbocycles. The summed E-state index contributed by atoms with van der Waals surface area (Å²) in [4.78, 5) is 4.45. The van der Waals surface area contributed by atoms with Gasteiger partial charge in [-0.25, -0.2) is 5.01 Å². The van der Waals surface area contributed by atoms with Gasteiger partial charge in [0.25, 0.3) is 16.0 Å². The molecule has 0 aliphatic carbocycles. The van der Waals surface area contributed by atoms with Crippen LogP contribution in [0.25, 0.3) is 0 Å². The van der Waals surface area contributed by atoms with Gasteiger partial charge in [0.15, 0.2) is 0 Å². The molecule has 0 saturated heterocycles. The van der Waals surface area contributed by atoms with Gasteiger partial charge in [-0.05, 0) is 47.5 Å². The van der Waals surface area contributed by atoms with Gasteiger partial charge in [-0.15, -0.1) is 4.40 Å². The Kier molecular flexibility index (Phi) is 7.73. The summed E-state index contributed by atoms with van der Waals surface area (Å²) in [6.07, 6.45) is 0. The standard InChI is InChI=1S/C27H27Cl2N5O2S/c1-27(2,3)25(30)31-26(33-37(35,36)22-15-13-21(29)14-16-22)34-17-23(18-7-5-4-6-8-18)24(32-34)19-9-11-20(28)12-10-19/h4-16,23H,17H2,1-3H3,(H2,30,31,33). The molecule has 4 rings (SSSR count). The Hall–Kier alpha value is -3.20. The molecule has 0 fully saturated rings. The Labute approximate surface area is 227 Å². The predicted molar refractivity (Wildman–Crippen MR) is 151 cm³/mol. The minimum absolute atomic E-state index is 0.0142. The number of aliphatic imine (C=N–C) groups is 1. The van der Waals surface area contributed by atoms with Crippen LogP contribution in [0.1, 0.15) is 37.8 Å². The molecule has 2 N–H and O–H groups in total. The average molecular weight is 557 g/mol. The Balaban J connectivity index is 1.85. The minimum atomic E-state index is -4.14. The summed E-state index contributed by atoms with van der Waals surface area (Å²) < 4.78 is 30.6. The Morgan fingerprint density at radius 3 is 2.08 bits per heavy atom. The van der Waals surface area contributed by atoms with Crippen LogP contribution in [0.2, 0.25) is 10.0 Å². The number of amidine groups is 1. The second kappa shape index (κ2) is 10.7. The quantitative estimate of drug-likeness (QED) is 0.317. The van der Waals surface area contributed by atoms with Crippen LogP contribution in [-0.4, -0.2) is 37.5 Å². The van der Waals surface area contributed by atoms with E-state index in [0.29, 0.717) is 16.6 Å². The fraction of sp³-hybridized carbons (Fsp3) is 0.222. The van der Waals surface area contributed by atoms with Crippen LogP contribution in [0.5, 0.6) is 0 Å². The Morgan fingerprint density at radius 2 is 1.51 bits per heavy atom. The van der Waals surface area contributed by atoms with E-state index in [1.165, 1.54) is 29.3 Å². The topological polar surface area (TPSA) is 100 Å². The van der Waals surface area contributed by atoms with Gasteiger partial charge >= 0.3 is 0 Å². The van der Waals surface area contributed by atoms with E-state index in [1.54, 1.807) is 12.1 Å². The first-order valence-corrected chi connectivity index (χ1v) is 13.8. The summed E-state index contributed by atoms with van der Waals surface area (Å²) in [6, 6.07) is 23.0. The highest BCUT2D eigenvalue weighted by molar-refractivity contribution is 7.90. The maximum atomic E-state index is 13.3. The summed E-state index contributed by atoms with van der Waals surface area (Å²) in [5.74, 6) is -0.0619. The fourth-order valence-electron chi connectivity index (χ4n) is 3.62. The molecule has 3 aromatic rings. The van der Waals surface area contributed by atoms with Crippen molar-refractivity contribution < 1.29 is 8.42 Å². The third-order valence-electron chi connectivity index (χ3n) is 5.79. The zero-order valence-electron chi connectivity index (χ0n) is 20.6. The first-order chi connectivity index (χ1) is 17.4. The van der Waals surface area contributed by atoms with Crippen LogP contribution in [0.3, 0.4) is 0 Å². The molecule has 0 amide bonds. The third kappa shape index (κ3) is 6.39. The number of hydrogen-bond donors (Lipinski definition) is 1. The number of rotatable bonds is 4. The zero-order valence-corrected chi connectivity index (χ0v) is 23.0. The molecule has 0 aromatic heterocycles. The van der Waals surface area contributed by atoms with Gasteiger partial charge in [0.1, 0.15) is 5.84 Å². The number of nitrogens with two attached hydrogens (primary N) is 1. The summed E-state index contributed by atoms with van der Waals surface area (Å²) in [6.45, 7) is 5.97. The van der Waals surface area contributed by atoms with Crippen molar-refractivity contribution in [2.24, 2.45) is 25.6 Å². The molecule has 37 heavy (non-hydrogen) atoms. The van der Waals surface area contributed by atoms with Crippen molar-refractivity contribution in [1.82, 2.24) is 5.01 Å².